The Kier molecular flexibility index (Phi) is 7.26. The van der Waals surface area contributed by atoms with Crippen LogP contribution < -0.4 is 9.75 Å². The molecule has 0 radical (unpaired) electrons. The second-order valence-corrected chi connectivity index (χ2v) is 9.90. The molecule has 0 spiro atoms. The molecule has 3 aromatic rings. The lowest BCUT2D eigenvalue weighted by molar-refractivity contribution is 0.0769. The summed E-state index contributed by atoms with van der Waals surface area (Å²) in [6.45, 7) is 3.73. The summed E-state index contributed by atoms with van der Waals surface area (Å²) in [6.07, 6.45) is 5.54. The number of benzene rings is 1. The van der Waals surface area contributed by atoms with Crippen molar-refractivity contribution in [2.45, 2.75) is 25.4 Å². The van der Waals surface area contributed by atoms with Crippen LogP contribution in [-0.4, -0.2) is 52.7 Å². The largest absolute Gasteiger partial charge is 0.474 e. The number of nitriles is 1. The molecule has 2 aromatic heterocycles. The molecule has 5 rings (SSSR count). The number of carbonyl (C=O) groups excluding carboxylic acids is 1. The smallest absolute Gasteiger partial charge is 0.255 e. The summed E-state index contributed by atoms with van der Waals surface area (Å²) in [5.74, 6) is 0.979. The third-order valence-corrected chi connectivity index (χ3v) is 7.49. The van der Waals surface area contributed by atoms with Gasteiger partial charge in [-0.2, -0.15) is 10.4 Å². The molecule has 0 bridgehead atoms. The van der Waals surface area contributed by atoms with Crippen molar-refractivity contribution >= 4 is 41.1 Å². The number of hydrazone groups is 1. The van der Waals surface area contributed by atoms with Crippen molar-refractivity contribution in [2.24, 2.45) is 11.0 Å². The highest BCUT2D eigenvalue weighted by molar-refractivity contribution is 6.42. The minimum Gasteiger partial charge on any atom is -0.474 e. The van der Waals surface area contributed by atoms with E-state index in [1.165, 1.54) is 6.20 Å². The second-order valence-electron chi connectivity index (χ2n) is 9.09. The van der Waals surface area contributed by atoms with Crippen LogP contribution in [0.1, 0.15) is 40.7 Å². The van der Waals surface area contributed by atoms with Gasteiger partial charge in [0, 0.05) is 62.6 Å². The van der Waals surface area contributed by atoms with E-state index < -0.39 is 0 Å². The normalized spacial score (nSPS) is 19.6. The fourth-order valence-corrected chi connectivity index (χ4v) is 5.08. The molecule has 1 aromatic carbocycles. The zero-order chi connectivity index (χ0) is 25.9. The Balaban J connectivity index is 1.37. The Bertz CT molecular complexity index is 1360. The Morgan fingerprint density at radius 2 is 1.97 bits per heavy atom. The van der Waals surface area contributed by atoms with Crippen LogP contribution in [0.15, 0.2) is 60.0 Å². The summed E-state index contributed by atoms with van der Waals surface area (Å²) in [5, 5.41) is 16.1. The van der Waals surface area contributed by atoms with Crippen molar-refractivity contribution in [3.63, 3.8) is 0 Å². The van der Waals surface area contributed by atoms with E-state index in [1.54, 1.807) is 30.5 Å². The van der Waals surface area contributed by atoms with Crippen LogP contribution in [0.4, 0.5) is 5.82 Å². The number of hydrogen-bond donors (Lipinski definition) is 0. The first kappa shape index (κ1) is 25.0. The molecule has 1 fully saturated rings. The van der Waals surface area contributed by atoms with E-state index in [-0.39, 0.29) is 23.8 Å². The fraction of sp³-hybridized carbons (Fsp3) is 0.296. The molecule has 0 aliphatic carbocycles. The molecule has 188 valence electrons. The number of anilines is 1. The lowest BCUT2D eigenvalue weighted by Crippen LogP contribution is -2.32. The molecular formula is C27H24Cl2N6O2. The van der Waals surface area contributed by atoms with Crippen LogP contribution >= 0.6 is 23.2 Å². The molecule has 8 nitrogen and oxygen atoms in total. The van der Waals surface area contributed by atoms with Gasteiger partial charge in [0.15, 0.2) is 0 Å². The van der Waals surface area contributed by atoms with Crippen molar-refractivity contribution in [2.75, 3.05) is 24.6 Å². The van der Waals surface area contributed by atoms with E-state index in [0.717, 1.165) is 24.3 Å². The lowest BCUT2D eigenvalue weighted by Gasteiger charge is -2.25. The van der Waals surface area contributed by atoms with Gasteiger partial charge in [0.2, 0.25) is 5.88 Å². The number of aromatic nitrogens is 2. The lowest BCUT2D eigenvalue weighted by atomic mass is 9.86. The topological polar surface area (TPSA) is 94.7 Å². The summed E-state index contributed by atoms with van der Waals surface area (Å²) < 4.78 is 6.16. The number of rotatable bonds is 6. The number of pyridine rings is 2. The fourth-order valence-electron chi connectivity index (χ4n) is 4.78. The average Bonchev–Trinajstić information content (AvgIpc) is 3.61. The predicted molar refractivity (Wildman–Crippen MR) is 142 cm³/mol. The van der Waals surface area contributed by atoms with Gasteiger partial charge in [-0.3, -0.25) is 4.79 Å². The quantitative estimate of drug-likeness (QED) is 0.432. The highest BCUT2D eigenvalue weighted by Crippen LogP contribution is 2.38. The first-order valence-corrected chi connectivity index (χ1v) is 12.7. The Labute approximate surface area is 225 Å². The summed E-state index contributed by atoms with van der Waals surface area (Å²) in [5.41, 5.74) is 1.96. The summed E-state index contributed by atoms with van der Waals surface area (Å²) in [6, 6.07) is 14.6. The number of ether oxygens (including phenoxy) is 1. The van der Waals surface area contributed by atoms with Crippen molar-refractivity contribution in [3.8, 4) is 11.9 Å². The molecule has 1 amide bonds. The van der Waals surface area contributed by atoms with Crippen molar-refractivity contribution in [1.82, 2.24) is 14.9 Å². The van der Waals surface area contributed by atoms with Gasteiger partial charge >= 0.3 is 0 Å². The van der Waals surface area contributed by atoms with Gasteiger partial charge in [0.25, 0.3) is 5.91 Å². The summed E-state index contributed by atoms with van der Waals surface area (Å²) in [7, 11) is 0. The zero-order valence-electron chi connectivity index (χ0n) is 20.1. The SMILES string of the molecule is C[C@H](Oc1ccc(C#N)cn1)[C@H]1CN(C(=O)c2ccc(N3CCC=N3)nc2)C[C@@H]1c1ccc(Cl)c(Cl)c1. The predicted octanol–water partition coefficient (Wildman–Crippen LogP) is 5.17. The molecule has 3 atom stereocenters. The number of carbonyl (C=O) groups is 1. The van der Waals surface area contributed by atoms with E-state index in [2.05, 4.69) is 21.1 Å². The Hall–Kier alpha value is -3.67. The highest BCUT2D eigenvalue weighted by Gasteiger charge is 2.40. The van der Waals surface area contributed by atoms with Gasteiger partial charge in [0.05, 0.1) is 21.2 Å². The number of likely N-dealkylation sites (tertiary alicyclic amines) is 1. The molecule has 0 N–H and O–H groups in total. The Morgan fingerprint density at radius 1 is 1.11 bits per heavy atom. The average molecular weight is 535 g/mol. The third kappa shape index (κ3) is 5.38. The number of halogens is 2. The third-order valence-electron chi connectivity index (χ3n) is 6.75. The monoisotopic (exact) mass is 534 g/mol. The van der Waals surface area contributed by atoms with E-state index in [4.69, 9.17) is 33.2 Å². The minimum atomic E-state index is -0.272. The summed E-state index contributed by atoms with van der Waals surface area (Å²) in [4.78, 5) is 24.0. The van der Waals surface area contributed by atoms with Gasteiger partial charge in [0.1, 0.15) is 18.0 Å². The minimum absolute atomic E-state index is 0.0294. The highest BCUT2D eigenvalue weighted by atomic mass is 35.5. The van der Waals surface area contributed by atoms with Gasteiger partial charge in [-0.05, 0) is 42.8 Å². The number of hydrogen-bond acceptors (Lipinski definition) is 7. The summed E-state index contributed by atoms with van der Waals surface area (Å²) >= 11 is 12.5. The molecule has 1 saturated heterocycles. The van der Waals surface area contributed by atoms with Gasteiger partial charge < -0.3 is 9.64 Å². The molecule has 10 heteroatoms. The van der Waals surface area contributed by atoms with Crippen LogP contribution in [-0.2, 0) is 0 Å². The standard InChI is InChI=1S/C27H24Cl2N6O2/c1-17(37-26-8-3-18(12-30)13-32-26)21-15-34(16-22(21)19-4-6-23(28)24(29)11-19)27(36)20-5-7-25(31-14-20)35-10-2-9-33-35/h3-9,11,13-14,17,21-22H,2,10,15-16H2,1H3/t17-,21+,22+/m0/s1. The van der Waals surface area contributed by atoms with E-state index in [1.807, 2.05) is 41.2 Å². The van der Waals surface area contributed by atoms with E-state index in [9.17, 15) is 4.79 Å². The maximum atomic E-state index is 13.5. The van der Waals surface area contributed by atoms with Crippen molar-refractivity contribution in [3.05, 3.63) is 81.6 Å². The molecule has 2 aliphatic heterocycles. The number of amides is 1. The van der Waals surface area contributed by atoms with Gasteiger partial charge in [-0.25, -0.2) is 15.0 Å². The maximum Gasteiger partial charge on any atom is 0.255 e. The van der Waals surface area contributed by atoms with Gasteiger partial charge in [-0.1, -0.05) is 29.3 Å². The second kappa shape index (κ2) is 10.8. The van der Waals surface area contributed by atoms with Crippen LogP contribution in [0.2, 0.25) is 10.0 Å². The van der Waals surface area contributed by atoms with Crippen LogP contribution in [0.5, 0.6) is 5.88 Å². The van der Waals surface area contributed by atoms with Crippen molar-refractivity contribution < 1.29 is 9.53 Å². The molecule has 2 aliphatic rings. The first-order chi connectivity index (χ1) is 17.9. The first-order valence-electron chi connectivity index (χ1n) is 12.0. The molecule has 37 heavy (non-hydrogen) atoms. The van der Waals surface area contributed by atoms with E-state index in [0.29, 0.717) is 40.1 Å². The molecule has 4 heterocycles. The molecule has 0 unspecified atom stereocenters. The van der Waals surface area contributed by atoms with Crippen LogP contribution in [0, 0.1) is 17.2 Å². The Morgan fingerprint density at radius 3 is 2.62 bits per heavy atom. The van der Waals surface area contributed by atoms with Crippen molar-refractivity contribution in [1.29, 1.82) is 5.26 Å². The van der Waals surface area contributed by atoms with Crippen LogP contribution in [0.25, 0.3) is 0 Å². The molecular weight excluding hydrogens is 511 g/mol. The number of nitrogens with zero attached hydrogens (tertiary/aromatic N) is 6. The van der Waals surface area contributed by atoms with Gasteiger partial charge in [-0.15, -0.1) is 0 Å². The maximum absolute atomic E-state index is 13.5. The van der Waals surface area contributed by atoms with Crippen LogP contribution in [0.3, 0.4) is 0 Å². The zero-order valence-corrected chi connectivity index (χ0v) is 21.6. The molecule has 0 saturated carbocycles. The van der Waals surface area contributed by atoms with E-state index >= 15 is 0 Å².